The van der Waals surface area contributed by atoms with Gasteiger partial charge in [-0.1, -0.05) is 24.3 Å². The quantitative estimate of drug-likeness (QED) is 0.549. The van der Waals surface area contributed by atoms with E-state index in [1.165, 1.54) is 36.8 Å². The van der Waals surface area contributed by atoms with Gasteiger partial charge in [-0.25, -0.2) is 4.79 Å². The van der Waals surface area contributed by atoms with Gasteiger partial charge < -0.3 is 10.2 Å². The summed E-state index contributed by atoms with van der Waals surface area (Å²) in [6.07, 6.45) is 2.88. The molecule has 0 unspecified atom stereocenters. The van der Waals surface area contributed by atoms with Crippen LogP contribution < -0.4 is 0 Å². The zero-order valence-electron chi connectivity index (χ0n) is 7.05. The molecule has 3 nitrogen and oxygen atoms in total. The van der Waals surface area contributed by atoms with Crippen LogP contribution in [0.3, 0.4) is 0 Å². The van der Waals surface area contributed by atoms with Gasteiger partial charge in [-0.2, -0.15) is 0 Å². The maximum absolute atomic E-state index is 8.56. The minimum absolute atomic E-state index is 1.18. The number of allylic oxidation sites excluding steroid dienone is 2. The lowest BCUT2D eigenvalue weighted by Gasteiger charge is -2.13. The van der Waals surface area contributed by atoms with Gasteiger partial charge in [0.05, 0.1) is 0 Å². The van der Waals surface area contributed by atoms with E-state index in [9.17, 15) is 0 Å². The monoisotopic (exact) mass is 170 g/mol. The molecule has 0 radical (unpaired) electrons. The molecule has 0 heterocycles. The smallest absolute Gasteiger partial charge is 0.450 e. The first-order chi connectivity index (χ1) is 5.52. The molecule has 68 valence electrons. The van der Waals surface area contributed by atoms with Crippen molar-refractivity contribution in [1.82, 2.24) is 0 Å². The maximum Gasteiger partial charge on any atom is 0.503 e. The number of carbonyl (C=O) groups is 1. The molecule has 1 saturated carbocycles. The summed E-state index contributed by atoms with van der Waals surface area (Å²) in [5.41, 5.74) is 2.80. The molecule has 0 amide bonds. The summed E-state index contributed by atoms with van der Waals surface area (Å²) < 4.78 is 0. The zero-order valence-corrected chi connectivity index (χ0v) is 7.05. The Morgan fingerprint density at radius 1 is 1.00 bits per heavy atom. The molecule has 0 saturated heterocycles. The highest BCUT2D eigenvalue weighted by Crippen LogP contribution is 2.24. The third-order valence-corrected chi connectivity index (χ3v) is 1.66. The van der Waals surface area contributed by atoms with E-state index < -0.39 is 6.16 Å². The van der Waals surface area contributed by atoms with Crippen molar-refractivity contribution in [2.45, 2.75) is 25.7 Å². The van der Waals surface area contributed by atoms with E-state index in [-0.39, 0.29) is 0 Å². The van der Waals surface area contributed by atoms with E-state index in [0.29, 0.717) is 0 Å². The predicted octanol–water partition coefficient (Wildman–Crippen LogP) is 2.90. The highest BCUT2D eigenvalue weighted by atomic mass is 16.6. The summed E-state index contributed by atoms with van der Waals surface area (Å²) >= 11 is 0. The first kappa shape index (κ1) is 10.8. The second-order valence-electron chi connectivity index (χ2n) is 2.78. The summed E-state index contributed by atoms with van der Waals surface area (Å²) in [6, 6.07) is 0. The molecule has 2 N–H and O–H groups in total. The SMILES string of the molecule is C=C1CCC(=C)CC1.O=C(O)O. The number of carboxylic acid groups (broad SMARTS) is 2. The minimum Gasteiger partial charge on any atom is -0.450 e. The van der Waals surface area contributed by atoms with E-state index in [1.54, 1.807) is 0 Å². The van der Waals surface area contributed by atoms with Crippen molar-refractivity contribution in [3.05, 3.63) is 24.3 Å². The molecule has 12 heavy (non-hydrogen) atoms. The minimum atomic E-state index is -1.83. The molecule has 1 aliphatic carbocycles. The van der Waals surface area contributed by atoms with Crippen LogP contribution in [0, 0.1) is 0 Å². The molecule has 0 aromatic rings. The molecular weight excluding hydrogens is 156 g/mol. The van der Waals surface area contributed by atoms with E-state index >= 15 is 0 Å². The van der Waals surface area contributed by atoms with Gasteiger partial charge in [0, 0.05) is 0 Å². The molecule has 3 heteroatoms. The van der Waals surface area contributed by atoms with Crippen LogP contribution in [0.2, 0.25) is 0 Å². The molecule has 0 aromatic heterocycles. The summed E-state index contributed by atoms with van der Waals surface area (Å²) in [6.45, 7) is 7.82. The van der Waals surface area contributed by atoms with Gasteiger partial charge in [0.15, 0.2) is 0 Å². The first-order valence-corrected chi connectivity index (χ1v) is 3.77. The van der Waals surface area contributed by atoms with Crippen LogP contribution in [0.15, 0.2) is 24.3 Å². The lowest BCUT2D eigenvalue weighted by Crippen LogP contribution is -1.93. The van der Waals surface area contributed by atoms with Gasteiger partial charge >= 0.3 is 6.16 Å². The van der Waals surface area contributed by atoms with Crippen LogP contribution in [0.1, 0.15) is 25.7 Å². The Labute approximate surface area is 72.0 Å². The molecule has 0 aliphatic heterocycles. The summed E-state index contributed by atoms with van der Waals surface area (Å²) in [5, 5.41) is 13.9. The molecule has 0 spiro atoms. The van der Waals surface area contributed by atoms with Crippen LogP contribution in [-0.4, -0.2) is 16.4 Å². The lowest BCUT2D eigenvalue weighted by atomic mass is 9.93. The van der Waals surface area contributed by atoms with Crippen molar-refractivity contribution in [2.75, 3.05) is 0 Å². The van der Waals surface area contributed by atoms with E-state index in [2.05, 4.69) is 13.2 Å². The normalized spacial score (nSPS) is 16.3. The summed E-state index contributed by atoms with van der Waals surface area (Å²) in [7, 11) is 0. The van der Waals surface area contributed by atoms with Crippen molar-refractivity contribution >= 4 is 6.16 Å². The number of hydrogen-bond acceptors (Lipinski definition) is 1. The molecule has 0 aromatic carbocycles. The molecule has 1 aliphatic rings. The topological polar surface area (TPSA) is 57.5 Å². The zero-order chi connectivity index (χ0) is 9.56. The van der Waals surface area contributed by atoms with E-state index in [0.717, 1.165) is 0 Å². The van der Waals surface area contributed by atoms with Crippen LogP contribution in [0.4, 0.5) is 4.79 Å². The summed E-state index contributed by atoms with van der Waals surface area (Å²) in [4.78, 5) is 8.56. The van der Waals surface area contributed by atoms with Crippen LogP contribution in [0.5, 0.6) is 0 Å². The molecule has 1 fully saturated rings. The van der Waals surface area contributed by atoms with Gasteiger partial charge in [-0.3, -0.25) is 0 Å². The van der Waals surface area contributed by atoms with Crippen molar-refractivity contribution in [3.63, 3.8) is 0 Å². The second kappa shape index (κ2) is 5.41. The Balaban J connectivity index is 0.000000261. The fourth-order valence-corrected chi connectivity index (χ4v) is 0.957. The molecule has 0 bridgehead atoms. The standard InChI is InChI=1S/C8H12.CH2O3/c1-7-3-5-8(2)6-4-7;2-1(3)4/h1-6H2;(H2,2,3,4). The molecular formula is C9H14O3. The van der Waals surface area contributed by atoms with Crippen molar-refractivity contribution in [3.8, 4) is 0 Å². The highest BCUT2D eigenvalue weighted by molar-refractivity contribution is 5.53. The average Bonchev–Trinajstić information content (AvgIpc) is 1.94. The fourth-order valence-electron chi connectivity index (χ4n) is 0.957. The molecule has 1 rings (SSSR count). The van der Waals surface area contributed by atoms with E-state index in [1.807, 2.05) is 0 Å². The van der Waals surface area contributed by atoms with Crippen molar-refractivity contribution in [1.29, 1.82) is 0 Å². The number of hydrogen-bond donors (Lipinski definition) is 2. The third-order valence-electron chi connectivity index (χ3n) is 1.66. The van der Waals surface area contributed by atoms with E-state index in [4.69, 9.17) is 15.0 Å². The Bertz CT molecular complexity index is 162. The first-order valence-electron chi connectivity index (χ1n) is 3.77. The maximum atomic E-state index is 8.56. The Morgan fingerprint density at radius 3 is 1.33 bits per heavy atom. The van der Waals surface area contributed by atoms with Gasteiger partial charge in [0.1, 0.15) is 0 Å². The van der Waals surface area contributed by atoms with Gasteiger partial charge in [0.2, 0.25) is 0 Å². The van der Waals surface area contributed by atoms with Crippen LogP contribution in [0.25, 0.3) is 0 Å². The lowest BCUT2D eigenvalue weighted by molar-refractivity contribution is 0.137. The van der Waals surface area contributed by atoms with Crippen LogP contribution in [-0.2, 0) is 0 Å². The third kappa shape index (κ3) is 6.86. The van der Waals surface area contributed by atoms with Crippen molar-refractivity contribution < 1.29 is 15.0 Å². The van der Waals surface area contributed by atoms with Crippen LogP contribution >= 0.6 is 0 Å². The predicted molar refractivity (Wildman–Crippen MR) is 47.4 cm³/mol. The summed E-state index contributed by atoms with van der Waals surface area (Å²) in [5.74, 6) is 0. The fraction of sp³-hybridized carbons (Fsp3) is 0.444. The van der Waals surface area contributed by atoms with Gasteiger partial charge in [0.25, 0.3) is 0 Å². The van der Waals surface area contributed by atoms with Gasteiger partial charge in [-0.05, 0) is 25.7 Å². The molecule has 0 atom stereocenters. The largest absolute Gasteiger partial charge is 0.503 e. The Morgan fingerprint density at radius 2 is 1.17 bits per heavy atom. The highest BCUT2D eigenvalue weighted by Gasteiger charge is 2.04. The average molecular weight is 170 g/mol. The Hall–Kier alpha value is -1.25. The second-order valence-corrected chi connectivity index (χ2v) is 2.78. The van der Waals surface area contributed by atoms with Gasteiger partial charge in [-0.15, -0.1) is 0 Å². The van der Waals surface area contributed by atoms with Crippen molar-refractivity contribution in [2.24, 2.45) is 0 Å². The Kier molecular flexibility index (Phi) is 4.84. The number of rotatable bonds is 0.